The molecular formula is C14H18BrNO2S. The van der Waals surface area contributed by atoms with Gasteiger partial charge in [-0.3, -0.25) is 0 Å². The number of nitrogens with zero attached hydrogens (tertiary/aromatic N) is 1. The molecule has 5 heteroatoms. The van der Waals surface area contributed by atoms with Crippen LogP contribution in [0.3, 0.4) is 0 Å². The van der Waals surface area contributed by atoms with Gasteiger partial charge in [-0.1, -0.05) is 6.92 Å². The first-order valence-corrected chi connectivity index (χ1v) is 8.51. The Bertz CT molecular complexity index is 465. The van der Waals surface area contributed by atoms with Crippen LogP contribution in [-0.2, 0) is 0 Å². The zero-order valence-corrected chi connectivity index (χ0v) is 13.4. The van der Waals surface area contributed by atoms with E-state index in [4.69, 9.17) is 9.47 Å². The Morgan fingerprint density at radius 3 is 3.05 bits per heavy atom. The first-order valence-electron chi connectivity index (χ1n) is 6.77. The van der Waals surface area contributed by atoms with Gasteiger partial charge in [-0.2, -0.15) is 0 Å². The number of anilines is 1. The van der Waals surface area contributed by atoms with E-state index in [1.54, 1.807) is 0 Å². The fraction of sp³-hybridized carbons (Fsp3) is 0.571. The molecule has 1 fully saturated rings. The SMILES string of the molecule is CCSN1CCOc2cc(OCC3CC3)c(Br)cc21. The molecule has 1 aromatic carbocycles. The number of ether oxygens (including phenoxy) is 2. The van der Waals surface area contributed by atoms with E-state index in [1.165, 1.54) is 12.8 Å². The summed E-state index contributed by atoms with van der Waals surface area (Å²) < 4.78 is 14.9. The number of hydrogen-bond acceptors (Lipinski definition) is 4. The average molecular weight is 344 g/mol. The third kappa shape index (κ3) is 3.14. The second kappa shape index (κ2) is 5.83. The lowest BCUT2D eigenvalue weighted by molar-refractivity contribution is 0.289. The second-order valence-corrected chi connectivity index (χ2v) is 7.00. The molecule has 3 rings (SSSR count). The van der Waals surface area contributed by atoms with E-state index >= 15 is 0 Å². The van der Waals surface area contributed by atoms with Crippen molar-refractivity contribution in [3.05, 3.63) is 16.6 Å². The topological polar surface area (TPSA) is 21.7 Å². The molecule has 0 atom stereocenters. The molecule has 2 aliphatic rings. The van der Waals surface area contributed by atoms with Crippen LogP contribution in [-0.4, -0.2) is 25.5 Å². The molecule has 19 heavy (non-hydrogen) atoms. The van der Waals surface area contributed by atoms with E-state index in [-0.39, 0.29) is 0 Å². The van der Waals surface area contributed by atoms with E-state index in [0.717, 1.165) is 53.1 Å². The molecule has 0 amide bonds. The van der Waals surface area contributed by atoms with E-state index in [0.29, 0.717) is 0 Å². The molecule has 104 valence electrons. The highest BCUT2D eigenvalue weighted by Gasteiger charge is 2.24. The first kappa shape index (κ1) is 13.4. The number of fused-ring (bicyclic) bond motifs is 1. The van der Waals surface area contributed by atoms with Crippen LogP contribution < -0.4 is 13.8 Å². The molecule has 1 saturated carbocycles. The van der Waals surface area contributed by atoms with Gasteiger partial charge in [0.25, 0.3) is 0 Å². The van der Waals surface area contributed by atoms with Crippen molar-refractivity contribution in [3.8, 4) is 11.5 Å². The summed E-state index contributed by atoms with van der Waals surface area (Å²) in [6.07, 6.45) is 2.61. The number of halogens is 1. The Morgan fingerprint density at radius 2 is 2.32 bits per heavy atom. The van der Waals surface area contributed by atoms with Gasteiger partial charge >= 0.3 is 0 Å². The summed E-state index contributed by atoms with van der Waals surface area (Å²) in [6, 6.07) is 4.13. The molecule has 0 N–H and O–H groups in total. The van der Waals surface area contributed by atoms with Gasteiger partial charge in [0.2, 0.25) is 0 Å². The molecule has 1 aliphatic carbocycles. The Morgan fingerprint density at radius 1 is 1.47 bits per heavy atom. The number of rotatable bonds is 5. The molecule has 0 saturated heterocycles. The zero-order chi connectivity index (χ0) is 13.2. The maximum absolute atomic E-state index is 5.87. The van der Waals surface area contributed by atoms with Crippen molar-refractivity contribution in [3.63, 3.8) is 0 Å². The molecule has 0 unspecified atom stereocenters. The van der Waals surface area contributed by atoms with Gasteiger partial charge in [-0.25, -0.2) is 0 Å². The Balaban J connectivity index is 1.80. The van der Waals surface area contributed by atoms with Crippen molar-refractivity contribution < 1.29 is 9.47 Å². The van der Waals surface area contributed by atoms with Gasteiger partial charge in [-0.15, -0.1) is 0 Å². The van der Waals surface area contributed by atoms with Crippen molar-refractivity contribution in [1.82, 2.24) is 0 Å². The van der Waals surface area contributed by atoms with E-state index in [1.807, 2.05) is 18.0 Å². The zero-order valence-electron chi connectivity index (χ0n) is 11.0. The van der Waals surface area contributed by atoms with Crippen molar-refractivity contribution >= 4 is 33.6 Å². The standard InChI is InChI=1S/C14H18BrNO2S/c1-2-19-16-5-6-17-14-8-13(11(15)7-12(14)16)18-9-10-3-4-10/h7-8,10H,2-6,9H2,1H3. The summed E-state index contributed by atoms with van der Waals surface area (Å²) in [4.78, 5) is 0. The fourth-order valence-electron chi connectivity index (χ4n) is 2.09. The van der Waals surface area contributed by atoms with Crippen LogP contribution in [0.15, 0.2) is 16.6 Å². The summed E-state index contributed by atoms with van der Waals surface area (Å²) in [5, 5.41) is 0. The summed E-state index contributed by atoms with van der Waals surface area (Å²) in [6.45, 7) is 4.66. The van der Waals surface area contributed by atoms with Gasteiger partial charge in [-0.05, 0) is 52.7 Å². The largest absolute Gasteiger partial charge is 0.492 e. The maximum atomic E-state index is 5.87. The first-order chi connectivity index (χ1) is 9.28. The van der Waals surface area contributed by atoms with Gasteiger partial charge in [0.1, 0.15) is 18.1 Å². The summed E-state index contributed by atoms with van der Waals surface area (Å²) in [7, 11) is 0. The fourth-order valence-corrected chi connectivity index (χ4v) is 3.33. The van der Waals surface area contributed by atoms with Crippen LogP contribution in [0.4, 0.5) is 5.69 Å². The van der Waals surface area contributed by atoms with Crippen LogP contribution in [0, 0.1) is 5.92 Å². The molecular weight excluding hydrogens is 326 g/mol. The van der Waals surface area contributed by atoms with E-state index < -0.39 is 0 Å². The highest BCUT2D eigenvalue weighted by atomic mass is 79.9. The van der Waals surface area contributed by atoms with Crippen molar-refractivity contribution in [1.29, 1.82) is 0 Å². The third-order valence-corrected chi connectivity index (χ3v) is 4.86. The third-order valence-electron chi connectivity index (χ3n) is 3.29. The predicted octanol–water partition coefficient (Wildman–Crippen LogP) is 4.10. The smallest absolute Gasteiger partial charge is 0.147 e. The molecule has 1 heterocycles. The minimum Gasteiger partial charge on any atom is -0.492 e. The van der Waals surface area contributed by atoms with Crippen LogP contribution in [0.1, 0.15) is 19.8 Å². The highest BCUT2D eigenvalue weighted by molar-refractivity contribution is 9.10. The molecule has 1 aliphatic heterocycles. The lowest BCUT2D eigenvalue weighted by atomic mass is 10.2. The minimum atomic E-state index is 0.740. The van der Waals surface area contributed by atoms with Crippen LogP contribution in [0.25, 0.3) is 0 Å². The molecule has 0 bridgehead atoms. The van der Waals surface area contributed by atoms with E-state index in [2.05, 4.69) is 33.2 Å². The van der Waals surface area contributed by atoms with Gasteiger partial charge in [0.15, 0.2) is 0 Å². The molecule has 1 aromatic rings. The van der Waals surface area contributed by atoms with Crippen molar-refractivity contribution in [2.75, 3.05) is 29.8 Å². The Labute approximate surface area is 126 Å². The normalized spacial score (nSPS) is 17.9. The van der Waals surface area contributed by atoms with Crippen molar-refractivity contribution in [2.45, 2.75) is 19.8 Å². The highest BCUT2D eigenvalue weighted by Crippen LogP contribution is 2.42. The quantitative estimate of drug-likeness (QED) is 0.750. The lowest BCUT2D eigenvalue weighted by Crippen LogP contribution is -2.27. The Kier molecular flexibility index (Phi) is 4.12. The number of hydrogen-bond donors (Lipinski definition) is 0. The number of benzene rings is 1. The van der Waals surface area contributed by atoms with Gasteiger partial charge in [0, 0.05) is 11.8 Å². The predicted molar refractivity (Wildman–Crippen MR) is 83.3 cm³/mol. The molecule has 0 radical (unpaired) electrons. The average Bonchev–Trinajstić information content (AvgIpc) is 3.22. The van der Waals surface area contributed by atoms with Crippen LogP contribution >= 0.6 is 27.9 Å². The maximum Gasteiger partial charge on any atom is 0.147 e. The van der Waals surface area contributed by atoms with Gasteiger partial charge in [0.05, 0.1) is 23.3 Å². The monoisotopic (exact) mass is 343 g/mol. The van der Waals surface area contributed by atoms with Gasteiger partial charge < -0.3 is 13.8 Å². The molecule has 3 nitrogen and oxygen atoms in total. The van der Waals surface area contributed by atoms with Crippen LogP contribution in [0.5, 0.6) is 11.5 Å². The molecule has 0 spiro atoms. The van der Waals surface area contributed by atoms with Crippen molar-refractivity contribution in [2.24, 2.45) is 5.92 Å². The Hall–Kier alpha value is -0.550. The summed E-state index contributed by atoms with van der Waals surface area (Å²) in [5.41, 5.74) is 1.14. The van der Waals surface area contributed by atoms with E-state index in [9.17, 15) is 0 Å². The second-order valence-electron chi connectivity index (χ2n) is 4.87. The minimum absolute atomic E-state index is 0.740. The summed E-state index contributed by atoms with van der Waals surface area (Å²) in [5.74, 6) is 3.66. The molecule has 0 aromatic heterocycles. The lowest BCUT2D eigenvalue weighted by Gasteiger charge is -2.30. The van der Waals surface area contributed by atoms with Crippen LogP contribution in [0.2, 0.25) is 0 Å². The summed E-state index contributed by atoms with van der Waals surface area (Å²) >= 11 is 5.44.